The second kappa shape index (κ2) is 7.68. The Bertz CT molecular complexity index is 1140. The second-order valence-corrected chi connectivity index (χ2v) is 7.39. The lowest BCUT2D eigenvalue weighted by atomic mass is 10.0. The van der Waals surface area contributed by atoms with Crippen LogP contribution >= 0.6 is 0 Å². The van der Waals surface area contributed by atoms with E-state index in [-0.39, 0.29) is 35.5 Å². The van der Waals surface area contributed by atoms with E-state index >= 15 is 0 Å². The molecule has 10 heteroatoms. The number of benzene rings is 1. The van der Waals surface area contributed by atoms with E-state index in [1.807, 2.05) is 13.8 Å². The van der Waals surface area contributed by atoms with Gasteiger partial charge in [-0.15, -0.1) is 0 Å². The molecule has 0 saturated heterocycles. The molecule has 4 rings (SSSR count). The van der Waals surface area contributed by atoms with Crippen LogP contribution in [0, 0.1) is 5.82 Å². The molecule has 1 aromatic carbocycles. The molecule has 2 aromatic heterocycles. The number of nitrogens with zero attached hydrogens (tertiary/aromatic N) is 4. The molecule has 1 aliphatic heterocycles. The normalized spacial score (nSPS) is 13.8. The van der Waals surface area contributed by atoms with Crippen molar-refractivity contribution in [2.75, 3.05) is 11.5 Å². The molecule has 162 valence electrons. The molecule has 3 aromatic rings. The van der Waals surface area contributed by atoms with Crippen molar-refractivity contribution < 1.29 is 27.1 Å². The molecule has 3 heterocycles. The Labute approximate surface area is 175 Å². The number of carbonyl (C=O) groups is 1. The van der Waals surface area contributed by atoms with Crippen molar-refractivity contribution in [3.05, 3.63) is 59.8 Å². The van der Waals surface area contributed by atoms with Crippen LogP contribution < -0.4 is 9.64 Å². The fourth-order valence-electron chi connectivity index (χ4n) is 3.39. The van der Waals surface area contributed by atoms with E-state index in [0.717, 1.165) is 12.1 Å². The lowest BCUT2D eigenvalue weighted by Crippen LogP contribution is -2.22. The zero-order chi connectivity index (χ0) is 22.3. The standard InChI is InChI=1S/C21H18F4N4O2/c1-12(2)29-9-14(8-27-29)28-10-17-15(20(28)30)5-6-26-19(17)16-4-3-13(22)7-18(16)31-11-21(23,24)25/h3-9,12H,10-11H2,1-2H3. The zero-order valence-electron chi connectivity index (χ0n) is 16.7. The van der Waals surface area contributed by atoms with Crippen LogP contribution in [0.4, 0.5) is 23.2 Å². The second-order valence-electron chi connectivity index (χ2n) is 7.39. The van der Waals surface area contributed by atoms with Crippen molar-refractivity contribution in [1.82, 2.24) is 14.8 Å². The lowest BCUT2D eigenvalue weighted by molar-refractivity contribution is -0.153. The maximum atomic E-state index is 13.7. The van der Waals surface area contributed by atoms with Crippen molar-refractivity contribution in [1.29, 1.82) is 0 Å². The molecular weight excluding hydrogens is 416 g/mol. The summed E-state index contributed by atoms with van der Waals surface area (Å²) in [6, 6.07) is 4.95. The highest BCUT2D eigenvalue weighted by atomic mass is 19.4. The van der Waals surface area contributed by atoms with Crippen LogP contribution in [0.3, 0.4) is 0 Å². The van der Waals surface area contributed by atoms with Crippen LogP contribution in [-0.2, 0) is 6.54 Å². The summed E-state index contributed by atoms with van der Waals surface area (Å²) >= 11 is 0. The van der Waals surface area contributed by atoms with Crippen LogP contribution in [0.2, 0.25) is 0 Å². The van der Waals surface area contributed by atoms with Gasteiger partial charge in [0.1, 0.15) is 11.6 Å². The van der Waals surface area contributed by atoms with Gasteiger partial charge in [0.25, 0.3) is 5.91 Å². The largest absolute Gasteiger partial charge is 0.483 e. The first-order valence-corrected chi connectivity index (χ1v) is 9.47. The molecule has 0 fully saturated rings. The maximum absolute atomic E-state index is 13.7. The number of ether oxygens (including phenoxy) is 1. The van der Waals surface area contributed by atoms with Crippen LogP contribution in [0.15, 0.2) is 42.9 Å². The molecule has 6 nitrogen and oxygen atoms in total. The van der Waals surface area contributed by atoms with Gasteiger partial charge < -0.3 is 9.64 Å². The summed E-state index contributed by atoms with van der Waals surface area (Å²) in [6.07, 6.45) is 0.132. The van der Waals surface area contributed by atoms with E-state index in [2.05, 4.69) is 10.1 Å². The number of halogens is 4. The average Bonchev–Trinajstić information content (AvgIpc) is 3.31. The van der Waals surface area contributed by atoms with E-state index in [1.165, 1.54) is 17.2 Å². The van der Waals surface area contributed by atoms with Crippen molar-refractivity contribution in [2.45, 2.75) is 32.6 Å². The third kappa shape index (κ3) is 4.10. The summed E-state index contributed by atoms with van der Waals surface area (Å²) in [6.45, 7) is 2.49. The number of carbonyl (C=O) groups excluding carboxylic acids is 1. The monoisotopic (exact) mass is 434 g/mol. The Morgan fingerprint density at radius 2 is 1.97 bits per heavy atom. The lowest BCUT2D eigenvalue weighted by Gasteiger charge is -2.15. The molecule has 0 aliphatic carbocycles. The van der Waals surface area contributed by atoms with Crippen molar-refractivity contribution in [3.63, 3.8) is 0 Å². The highest BCUT2D eigenvalue weighted by molar-refractivity contribution is 6.11. The van der Waals surface area contributed by atoms with Crippen molar-refractivity contribution >= 4 is 11.6 Å². The molecule has 0 N–H and O–H groups in total. The Hall–Kier alpha value is -3.43. The van der Waals surface area contributed by atoms with Crippen LogP contribution in [-0.4, -0.2) is 33.5 Å². The number of rotatable bonds is 5. The van der Waals surface area contributed by atoms with Gasteiger partial charge in [0.05, 0.1) is 24.1 Å². The summed E-state index contributed by atoms with van der Waals surface area (Å²) in [5.41, 5.74) is 1.92. The van der Waals surface area contributed by atoms with Gasteiger partial charge in [-0.25, -0.2) is 4.39 Å². The summed E-state index contributed by atoms with van der Waals surface area (Å²) in [7, 11) is 0. The smallest absolute Gasteiger partial charge is 0.422 e. The molecule has 0 saturated carbocycles. The third-order valence-electron chi connectivity index (χ3n) is 4.87. The predicted octanol–water partition coefficient (Wildman–Crippen LogP) is 4.77. The van der Waals surface area contributed by atoms with E-state index in [9.17, 15) is 22.4 Å². The van der Waals surface area contributed by atoms with Gasteiger partial charge in [-0.3, -0.25) is 14.5 Å². The van der Waals surface area contributed by atoms with E-state index in [0.29, 0.717) is 16.8 Å². The molecule has 0 radical (unpaired) electrons. The topological polar surface area (TPSA) is 60.2 Å². The minimum absolute atomic E-state index is 0.110. The molecule has 31 heavy (non-hydrogen) atoms. The first-order chi connectivity index (χ1) is 14.6. The summed E-state index contributed by atoms with van der Waals surface area (Å²) in [4.78, 5) is 18.8. The van der Waals surface area contributed by atoms with Crippen LogP contribution in [0.25, 0.3) is 11.3 Å². The quantitative estimate of drug-likeness (QED) is 0.543. The van der Waals surface area contributed by atoms with E-state index < -0.39 is 18.6 Å². The molecule has 0 bridgehead atoms. The minimum Gasteiger partial charge on any atom is -0.483 e. The fourth-order valence-corrected chi connectivity index (χ4v) is 3.39. The van der Waals surface area contributed by atoms with Gasteiger partial charge in [-0.2, -0.15) is 18.3 Å². The van der Waals surface area contributed by atoms with Crippen molar-refractivity contribution in [3.8, 4) is 17.0 Å². The van der Waals surface area contributed by atoms with Gasteiger partial charge in [-0.1, -0.05) is 0 Å². The average molecular weight is 434 g/mol. The zero-order valence-corrected chi connectivity index (χ0v) is 16.7. The number of hydrogen-bond acceptors (Lipinski definition) is 4. The summed E-state index contributed by atoms with van der Waals surface area (Å²) < 4.78 is 58.2. The Balaban J connectivity index is 1.72. The highest BCUT2D eigenvalue weighted by Crippen LogP contribution is 2.38. The van der Waals surface area contributed by atoms with Crippen molar-refractivity contribution in [2.24, 2.45) is 0 Å². The van der Waals surface area contributed by atoms with Crippen LogP contribution in [0.5, 0.6) is 5.75 Å². The summed E-state index contributed by atoms with van der Waals surface area (Å²) in [5.74, 6) is -1.31. The fraction of sp³-hybridized carbons (Fsp3) is 0.286. The molecule has 0 atom stereocenters. The Morgan fingerprint density at radius 3 is 2.65 bits per heavy atom. The number of hydrogen-bond donors (Lipinski definition) is 0. The predicted molar refractivity (Wildman–Crippen MR) is 104 cm³/mol. The Morgan fingerprint density at radius 1 is 1.19 bits per heavy atom. The third-order valence-corrected chi connectivity index (χ3v) is 4.87. The number of pyridine rings is 1. The molecule has 0 spiro atoms. The first-order valence-electron chi connectivity index (χ1n) is 9.47. The van der Waals surface area contributed by atoms with Gasteiger partial charge in [-0.05, 0) is 32.0 Å². The van der Waals surface area contributed by atoms with Gasteiger partial charge >= 0.3 is 6.18 Å². The van der Waals surface area contributed by atoms with Gasteiger partial charge in [0, 0.05) is 41.2 Å². The van der Waals surface area contributed by atoms with Gasteiger partial charge in [0.2, 0.25) is 0 Å². The number of amides is 1. The van der Waals surface area contributed by atoms with E-state index in [4.69, 9.17) is 4.74 Å². The first kappa shape index (κ1) is 20.8. The number of alkyl halides is 3. The van der Waals surface area contributed by atoms with E-state index in [1.54, 1.807) is 23.1 Å². The number of fused-ring (bicyclic) bond motifs is 1. The minimum atomic E-state index is -4.58. The maximum Gasteiger partial charge on any atom is 0.422 e. The molecular formula is C21H18F4N4O2. The van der Waals surface area contributed by atoms with Crippen LogP contribution in [0.1, 0.15) is 35.8 Å². The van der Waals surface area contributed by atoms with Gasteiger partial charge in [0.15, 0.2) is 6.61 Å². The summed E-state index contributed by atoms with van der Waals surface area (Å²) in [5, 5.41) is 4.25. The molecule has 1 amide bonds. The number of aromatic nitrogens is 3. The number of anilines is 1. The highest BCUT2D eigenvalue weighted by Gasteiger charge is 2.33. The molecule has 1 aliphatic rings. The Kier molecular flexibility index (Phi) is 5.16. The molecule has 0 unspecified atom stereocenters. The SMILES string of the molecule is CC(C)n1cc(N2Cc3c(ccnc3-c3ccc(F)cc3OCC(F)(F)F)C2=O)cn1.